The second-order valence-corrected chi connectivity index (χ2v) is 10.1. The third kappa shape index (κ3) is 5.65. The van der Waals surface area contributed by atoms with E-state index in [0.29, 0.717) is 11.6 Å². The van der Waals surface area contributed by atoms with Crippen molar-refractivity contribution in [3.63, 3.8) is 0 Å². The summed E-state index contributed by atoms with van der Waals surface area (Å²) in [6, 6.07) is 13.1. The van der Waals surface area contributed by atoms with Crippen molar-refractivity contribution >= 4 is 50.5 Å². The van der Waals surface area contributed by atoms with Crippen LogP contribution >= 0.6 is 23.2 Å². The first-order valence-electron chi connectivity index (χ1n) is 9.82. The molecule has 1 N–H and O–H groups in total. The maximum Gasteiger partial charge on any atom is 0.416 e. The molecule has 1 amide bonds. The van der Waals surface area contributed by atoms with Gasteiger partial charge in [0.25, 0.3) is 10.0 Å². The molecule has 0 aliphatic rings. The van der Waals surface area contributed by atoms with Gasteiger partial charge in [0.05, 0.1) is 26.9 Å². The molecule has 0 atom stereocenters. The Hall–Kier alpha value is -2.75. The molecule has 0 aromatic heterocycles. The number of nitrogens with zero attached hydrogens (tertiary/aromatic N) is 1. The second kappa shape index (κ2) is 9.85. The highest BCUT2D eigenvalue weighted by Gasteiger charge is 2.32. The smallest absolute Gasteiger partial charge is 0.323 e. The van der Waals surface area contributed by atoms with Crippen LogP contribution in [0.1, 0.15) is 16.7 Å². The summed E-state index contributed by atoms with van der Waals surface area (Å²) < 4.78 is 67.0. The van der Waals surface area contributed by atoms with Gasteiger partial charge in [-0.1, -0.05) is 47.0 Å². The first-order chi connectivity index (χ1) is 15.8. The van der Waals surface area contributed by atoms with Crippen LogP contribution in [0.5, 0.6) is 0 Å². The van der Waals surface area contributed by atoms with Gasteiger partial charge in [-0.3, -0.25) is 9.10 Å². The van der Waals surface area contributed by atoms with Crippen LogP contribution < -0.4 is 9.62 Å². The lowest BCUT2D eigenvalue weighted by atomic mass is 10.2. The van der Waals surface area contributed by atoms with E-state index < -0.39 is 34.2 Å². The Bertz CT molecular complexity index is 1330. The lowest BCUT2D eigenvalue weighted by Crippen LogP contribution is -2.38. The van der Waals surface area contributed by atoms with E-state index in [0.717, 1.165) is 22.0 Å². The number of anilines is 2. The molecule has 0 heterocycles. The van der Waals surface area contributed by atoms with Crippen molar-refractivity contribution in [3.8, 4) is 0 Å². The van der Waals surface area contributed by atoms with Crippen LogP contribution in [0.2, 0.25) is 10.0 Å². The number of sulfonamides is 1. The van der Waals surface area contributed by atoms with Gasteiger partial charge in [-0.05, 0) is 61.9 Å². The summed E-state index contributed by atoms with van der Waals surface area (Å²) in [6.07, 6.45) is -4.65. The third-order valence-corrected chi connectivity index (χ3v) is 7.48. The van der Waals surface area contributed by atoms with Gasteiger partial charge in [0.15, 0.2) is 0 Å². The zero-order chi connectivity index (χ0) is 25.3. The molecule has 3 aromatic carbocycles. The first-order valence-corrected chi connectivity index (χ1v) is 12.0. The molecule has 0 radical (unpaired) electrons. The van der Waals surface area contributed by atoms with E-state index >= 15 is 0 Å². The summed E-state index contributed by atoms with van der Waals surface area (Å²) in [7, 11) is -4.24. The van der Waals surface area contributed by atoms with E-state index in [1.807, 2.05) is 0 Å². The predicted octanol–water partition coefficient (Wildman–Crippen LogP) is 6.46. The molecule has 11 heteroatoms. The number of carbonyl (C=O) groups excluding carboxylic acids is 1. The minimum atomic E-state index is -4.65. The summed E-state index contributed by atoms with van der Waals surface area (Å²) in [6.45, 7) is 2.66. The van der Waals surface area contributed by atoms with E-state index in [1.54, 1.807) is 32.0 Å². The minimum absolute atomic E-state index is 0.0672. The van der Waals surface area contributed by atoms with Gasteiger partial charge in [0.1, 0.15) is 6.54 Å². The average Bonchev–Trinajstić information content (AvgIpc) is 2.75. The lowest BCUT2D eigenvalue weighted by Gasteiger charge is -2.26. The molecule has 0 saturated carbocycles. The van der Waals surface area contributed by atoms with Crippen molar-refractivity contribution < 1.29 is 26.4 Å². The molecule has 3 rings (SSSR count). The molecule has 0 unspecified atom stereocenters. The number of aryl methyl sites for hydroxylation is 1. The van der Waals surface area contributed by atoms with Gasteiger partial charge < -0.3 is 5.32 Å². The van der Waals surface area contributed by atoms with Gasteiger partial charge in [0, 0.05) is 5.02 Å². The summed E-state index contributed by atoms with van der Waals surface area (Å²) >= 11 is 12.1. The SMILES string of the molecule is Cc1ccc(S(=O)(=O)N(CC(=O)Nc2cc(C(F)(F)F)ccc2Cl)c2cccc(Cl)c2C)cc1. The van der Waals surface area contributed by atoms with E-state index in [4.69, 9.17) is 23.2 Å². The molecule has 180 valence electrons. The molecule has 0 aliphatic carbocycles. The Labute approximate surface area is 205 Å². The highest BCUT2D eigenvalue weighted by Crippen LogP contribution is 2.34. The molecule has 5 nitrogen and oxygen atoms in total. The number of rotatable bonds is 6. The standard InChI is InChI=1S/C23H19Cl2F3N2O3S/c1-14-6-9-17(10-7-14)34(32,33)30(21-5-3-4-18(24)15(21)2)13-22(31)29-20-12-16(23(26,27)28)8-11-19(20)25/h3-12H,13H2,1-2H3,(H,29,31). The highest BCUT2D eigenvalue weighted by atomic mass is 35.5. The number of nitrogens with one attached hydrogen (secondary N) is 1. The quantitative estimate of drug-likeness (QED) is 0.397. The van der Waals surface area contributed by atoms with Crippen LogP contribution in [0, 0.1) is 13.8 Å². The fourth-order valence-electron chi connectivity index (χ4n) is 3.12. The topological polar surface area (TPSA) is 66.5 Å². The monoisotopic (exact) mass is 530 g/mol. The number of carbonyl (C=O) groups is 1. The average molecular weight is 531 g/mol. The van der Waals surface area contributed by atoms with Crippen molar-refractivity contribution in [2.45, 2.75) is 24.9 Å². The zero-order valence-electron chi connectivity index (χ0n) is 18.0. The van der Waals surface area contributed by atoms with Gasteiger partial charge in [-0.2, -0.15) is 13.2 Å². The maximum absolute atomic E-state index is 13.5. The van der Waals surface area contributed by atoms with Crippen molar-refractivity contribution in [1.82, 2.24) is 0 Å². The summed E-state index contributed by atoms with van der Waals surface area (Å²) in [5, 5.41) is 2.43. The van der Waals surface area contributed by atoms with Crippen LogP contribution in [0.15, 0.2) is 65.6 Å². The Balaban J connectivity index is 2.01. The minimum Gasteiger partial charge on any atom is -0.323 e. The van der Waals surface area contributed by atoms with Crippen LogP contribution in [0.3, 0.4) is 0 Å². The molecule has 0 saturated heterocycles. The Kier molecular flexibility index (Phi) is 7.50. The molecular weight excluding hydrogens is 512 g/mol. The normalized spacial score (nSPS) is 11.9. The maximum atomic E-state index is 13.5. The Morgan fingerprint density at radius 3 is 2.24 bits per heavy atom. The van der Waals surface area contributed by atoms with E-state index in [1.165, 1.54) is 24.3 Å². The first kappa shape index (κ1) is 25.9. The summed E-state index contributed by atoms with van der Waals surface area (Å²) in [5.41, 5.74) is 0.0866. The Morgan fingerprint density at radius 1 is 0.971 bits per heavy atom. The van der Waals surface area contributed by atoms with Crippen LogP contribution in [0.4, 0.5) is 24.5 Å². The molecule has 0 fully saturated rings. The largest absolute Gasteiger partial charge is 0.416 e. The number of benzene rings is 3. The van der Waals surface area contributed by atoms with E-state index in [-0.39, 0.29) is 26.3 Å². The van der Waals surface area contributed by atoms with Gasteiger partial charge in [0.2, 0.25) is 5.91 Å². The Morgan fingerprint density at radius 2 is 1.62 bits per heavy atom. The number of alkyl halides is 3. The van der Waals surface area contributed by atoms with Gasteiger partial charge in [-0.15, -0.1) is 0 Å². The van der Waals surface area contributed by atoms with Gasteiger partial charge >= 0.3 is 6.18 Å². The fourth-order valence-corrected chi connectivity index (χ4v) is 4.93. The molecule has 34 heavy (non-hydrogen) atoms. The fraction of sp³-hybridized carbons (Fsp3) is 0.174. The summed E-state index contributed by atoms with van der Waals surface area (Å²) in [5.74, 6) is -0.892. The van der Waals surface area contributed by atoms with Crippen LogP contribution in [-0.2, 0) is 21.0 Å². The van der Waals surface area contributed by atoms with Crippen molar-refractivity contribution in [2.75, 3.05) is 16.2 Å². The van der Waals surface area contributed by atoms with E-state index in [9.17, 15) is 26.4 Å². The van der Waals surface area contributed by atoms with Crippen molar-refractivity contribution in [1.29, 1.82) is 0 Å². The second-order valence-electron chi connectivity index (χ2n) is 7.45. The number of amides is 1. The zero-order valence-corrected chi connectivity index (χ0v) is 20.3. The molecule has 0 bridgehead atoms. The van der Waals surface area contributed by atoms with Crippen molar-refractivity contribution in [2.24, 2.45) is 0 Å². The van der Waals surface area contributed by atoms with E-state index in [2.05, 4.69) is 5.32 Å². The predicted molar refractivity (Wildman–Crippen MR) is 127 cm³/mol. The van der Waals surface area contributed by atoms with Crippen molar-refractivity contribution in [3.05, 3.63) is 87.4 Å². The lowest BCUT2D eigenvalue weighted by molar-refractivity contribution is -0.137. The number of halogens is 5. The molecule has 0 spiro atoms. The molecular formula is C23H19Cl2F3N2O3S. The summed E-state index contributed by atoms with van der Waals surface area (Å²) in [4.78, 5) is 12.8. The van der Waals surface area contributed by atoms with Crippen LogP contribution in [-0.4, -0.2) is 20.9 Å². The van der Waals surface area contributed by atoms with Gasteiger partial charge in [-0.25, -0.2) is 8.42 Å². The third-order valence-electron chi connectivity index (χ3n) is 4.97. The molecule has 0 aliphatic heterocycles. The molecule has 3 aromatic rings. The number of hydrogen-bond donors (Lipinski definition) is 1. The van der Waals surface area contributed by atoms with Crippen LogP contribution in [0.25, 0.3) is 0 Å². The highest BCUT2D eigenvalue weighted by molar-refractivity contribution is 7.92. The number of hydrogen-bond acceptors (Lipinski definition) is 3.